The van der Waals surface area contributed by atoms with Gasteiger partial charge in [0.2, 0.25) is 5.91 Å². The van der Waals surface area contributed by atoms with Crippen molar-refractivity contribution < 1.29 is 35.9 Å². The van der Waals surface area contributed by atoms with E-state index in [0.717, 1.165) is 36.9 Å². The van der Waals surface area contributed by atoms with Crippen molar-refractivity contribution in [1.82, 2.24) is 20.5 Å². The summed E-state index contributed by atoms with van der Waals surface area (Å²) in [4.78, 5) is 21.2. The van der Waals surface area contributed by atoms with Crippen LogP contribution in [0.15, 0.2) is 61.3 Å². The molecule has 6 rings (SSSR count). The summed E-state index contributed by atoms with van der Waals surface area (Å²) in [5.41, 5.74) is -2.75. The molecule has 3 aliphatic heterocycles. The number of nitrogens with zero attached hydrogens (tertiary/aromatic N) is 2. The predicted molar refractivity (Wildman–Crippen MR) is 180 cm³/mol. The highest BCUT2D eigenvalue weighted by atomic mass is 32.1. The van der Waals surface area contributed by atoms with Gasteiger partial charge in [-0.2, -0.15) is 26.3 Å². The van der Waals surface area contributed by atoms with Crippen molar-refractivity contribution in [3.8, 4) is 5.75 Å². The molecule has 14 heteroatoms. The number of piperidine rings is 3. The van der Waals surface area contributed by atoms with E-state index in [9.17, 15) is 31.1 Å². The lowest BCUT2D eigenvalue weighted by molar-refractivity contribution is -0.143. The highest BCUT2D eigenvalue weighted by molar-refractivity contribution is 7.80. The zero-order valence-electron chi connectivity index (χ0n) is 27.5. The van der Waals surface area contributed by atoms with E-state index in [2.05, 4.69) is 32.4 Å². The van der Waals surface area contributed by atoms with Crippen molar-refractivity contribution in [2.45, 2.75) is 64.1 Å². The van der Waals surface area contributed by atoms with Crippen LogP contribution < -0.4 is 20.7 Å². The van der Waals surface area contributed by atoms with E-state index in [4.69, 9.17) is 17.0 Å². The van der Waals surface area contributed by atoms with Crippen molar-refractivity contribution in [2.75, 3.05) is 25.5 Å². The normalized spacial score (nSPS) is 22.2. The quantitative estimate of drug-likeness (QED) is 0.126. The molecule has 0 radical (unpaired) electrons. The first-order chi connectivity index (χ1) is 22.9. The highest BCUT2D eigenvalue weighted by Gasteiger charge is 2.45. The van der Waals surface area contributed by atoms with Gasteiger partial charge in [0, 0.05) is 29.9 Å². The molecule has 49 heavy (non-hydrogen) atoms. The number of fused-ring (bicyclic) bond motifs is 4. The largest absolute Gasteiger partial charge is 0.497 e. The van der Waals surface area contributed by atoms with Crippen LogP contribution in [0.5, 0.6) is 5.75 Å². The summed E-state index contributed by atoms with van der Waals surface area (Å²) in [7, 11) is 1.57. The van der Waals surface area contributed by atoms with E-state index in [1.54, 1.807) is 34.1 Å². The van der Waals surface area contributed by atoms with E-state index in [0.29, 0.717) is 35.2 Å². The summed E-state index contributed by atoms with van der Waals surface area (Å²) in [6.45, 7) is 11.0. The number of carbonyl (C=O) groups is 1. The molecule has 1 aromatic heterocycles. The summed E-state index contributed by atoms with van der Waals surface area (Å²) in [5, 5.41) is 9.07. The molecule has 1 amide bonds. The first-order valence-corrected chi connectivity index (χ1v) is 16.3. The fourth-order valence-electron chi connectivity index (χ4n) is 6.89. The second-order valence-electron chi connectivity index (χ2n) is 13.7. The third-order valence-electron chi connectivity index (χ3n) is 9.40. The van der Waals surface area contributed by atoms with Crippen LogP contribution in [0.4, 0.5) is 32.0 Å². The number of nitrogens with one attached hydrogen (secondary N) is 3. The van der Waals surface area contributed by atoms with Gasteiger partial charge in [-0.1, -0.05) is 26.8 Å². The van der Waals surface area contributed by atoms with Crippen LogP contribution in [0.3, 0.4) is 0 Å². The zero-order chi connectivity index (χ0) is 35.9. The Morgan fingerprint density at radius 2 is 1.71 bits per heavy atom. The summed E-state index contributed by atoms with van der Waals surface area (Å²) in [6.07, 6.45) is -4.57. The van der Waals surface area contributed by atoms with Crippen molar-refractivity contribution >= 4 is 39.8 Å². The Morgan fingerprint density at radius 1 is 1.04 bits per heavy atom. The molecule has 264 valence electrons. The molecule has 7 nitrogen and oxygen atoms in total. The number of anilines is 1. The van der Waals surface area contributed by atoms with Crippen LogP contribution in [-0.4, -0.2) is 53.2 Å². The van der Waals surface area contributed by atoms with Gasteiger partial charge in [-0.3, -0.25) is 14.7 Å². The number of hydrogen-bond acceptors (Lipinski definition) is 5. The standard InChI is InChI=1S/C35H39F6N5O2S/c1-6-19-18-46-12-10-20(19)13-28(46)29(25-9-11-42-27-8-7-24(48-5)17-26(25)27)44-31(47)30(33(2,3)4)45-32(49)43-23-15-21(34(36,37)38)14-22(16-23)35(39,40)41/h6-9,11,14-17,19-20,28-30H,1,10,12-13,18H2,2-5H3,(H,44,47)(H2,43,45,49)/t19?,20?,28?,29-,30+/m0/s1. The maximum Gasteiger partial charge on any atom is 0.416 e. The van der Waals surface area contributed by atoms with Crippen molar-refractivity contribution in [1.29, 1.82) is 0 Å². The minimum absolute atomic E-state index is 0.0385. The lowest BCUT2D eigenvalue weighted by Gasteiger charge is -2.52. The van der Waals surface area contributed by atoms with Crippen LogP contribution in [0.2, 0.25) is 0 Å². The fourth-order valence-corrected chi connectivity index (χ4v) is 7.12. The molecule has 0 spiro atoms. The minimum atomic E-state index is -5.03. The lowest BCUT2D eigenvalue weighted by atomic mass is 9.73. The van der Waals surface area contributed by atoms with Crippen LogP contribution in [-0.2, 0) is 17.1 Å². The van der Waals surface area contributed by atoms with E-state index < -0.39 is 52.6 Å². The highest BCUT2D eigenvalue weighted by Crippen LogP contribution is 2.43. The minimum Gasteiger partial charge on any atom is -0.497 e. The maximum absolute atomic E-state index is 14.3. The number of hydrogen-bond donors (Lipinski definition) is 3. The number of pyridine rings is 1. The van der Waals surface area contributed by atoms with Crippen LogP contribution in [0, 0.1) is 17.3 Å². The first kappa shape index (κ1) is 36.4. The Balaban J connectivity index is 1.47. The Morgan fingerprint density at radius 3 is 2.27 bits per heavy atom. The third kappa shape index (κ3) is 8.12. The van der Waals surface area contributed by atoms with Gasteiger partial charge in [0.25, 0.3) is 0 Å². The molecule has 3 aliphatic rings. The van der Waals surface area contributed by atoms with Crippen molar-refractivity contribution in [2.24, 2.45) is 17.3 Å². The molecule has 4 heterocycles. The monoisotopic (exact) mass is 707 g/mol. The molecule has 3 N–H and O–H groups in total. The molecule has 3 saturated heterocycles. The maximum atomic E-state index is 14.3. The second-order valence-corrected chi connectivity index (χ2v) is 14.1. The summed E-state index contributed by atoms with van der Waals surface area (Å²) < 4.78 is 86.4. The molecule has 0 saturated carbocycles. The number of benzene rings is 2. The van der Waals surface area contributed by atoms with Gasteiger partial charge in [0.05, 0.1) is 29.8 Å². The number of ether oxygens (including phenoxy) is 1. The Labute approximate surface area is 286 Å². The first-order valence-electron chi connectivity index (χ1n) is 15.9. The van der Waals surface area contributed by atoms with Gasteiger partial charge >= 0.3 is 12.4 Å². The van der Waals surface area contributed by atoms with Crippen molar-refractivity contribution in [3.05, 3.63) is 78.0 Å². The number of carbonyl (C=O) groups excluding carboxylic acids is 1. The number of amides is 1. The number of thiocarbonyl (C=S) groups is 1. The Hall–Kier alpha value is -3.91. The molecule has 2 bridgehead atoms. The molecule has 0 aliphatic carbocycles. The number of halogens is 6. The molecular weight excluding hydrogens is 668 g/mol. The van der Waals surface area contributed by atoms with E-state index in [-0.39, 0.29) is 17.2 Å². The number of rotatable bonds is 8. The van der Waals surface area contributed by atoms with Crippen LogP contribution in [0.1, 0.15) is 56.3 Å². The fraction of sp³-hybridized carbons (Fsp3) is 0.457. The van der Waals surface area contributed by atoms with Gasteiger partial charge in [-0.25, -0.2) is 0 Å². The Bertz CT molecular complexity index is 1690. The smallest absolute Gasteiger partial charge is 0.416 e. The molecule has 2 aromatic carbocycles. The van der Waals surface area contributed by atoms with Crippen LogP contribution in [0.25, 0.3) is 10.9 Å². The molecule has 3 aromatic rings. The van der Waals surface area contributed by atoms with E-state index in [1.807, 2.05) is 30.3 Å². The van der Waals surface area contributed by atoms with Gasteiger partial charge in [-0.05, 0) is 96.9 Å². The van der Waals surface area contributed by atoms with Gasteiger partial charge in [-0.15, -0.1) is 6.58 Å². The molecule has 6 atom stereocenters. The second kappa shape index (κ2) is 13.8. The van der Waals surface area contributed by atoms with E-state index >= 15 is 0 Å². The van der Waals surface area contributed by atoms with Crippen molar-refractivity contribution in [3.63, 3.8) is 0 Å². The predicted octanol–water partition coefficient (Wildman–Crippen LogP) is 7.74. The molecule has 3 fully saturated rings. The summed E-state index contributed by atoms with van der Waals surface area (Å²) in [5.74, 6) is 0.893. The number of methoxy groups -OCH3 is 1. The van der Waals surface area contributed by atoms with Crippen LogP contribution >= 0.6 is 12.2 Å². The SMILES string of the molecule is C=CC1CN2CCC1CC2[C@@H](NC(=O)[C@@H](NC(=S)Nc1cc(C(F)(F)F)cc(C(F)(F)F)c1)C(C)(C)C)c1ccnc2ccc(OC)cc12. The molecule has 4 unspecified atom stereocenters. The zero-order valence-corrected chi connectivity index (χ0v) is 28.3. The topological polar surface area (TPSA) is 78.5 Å². The lowest BCUT2D eigenvalue weighted by Crippen LogP contribution is -2.60. The number of aromatic nitrogens is 1. The van der Waals surface area contributed by atoms with Gasteiger partial charge < -0.3 is 20.7 Å². The number of alkyl halides is 6. The summed E-state index contributed by atoms with van der Waals surface area (Å²) >= 11 is 5.36. The Kier molecular flexibility index (Phi) is 10.2. The van der Waals surface area contributed by atoms with Gasteiger partial charge in [0.1, 0.15) is 11.8 Å². The molecular formula is C35H39F6N5O2S. The average Bonchev–Trinajstić information content (AvgIpc) is 3.04. The van der Waals surface area contributed by atoms with Gasteiger partial charge in [0.15, 0.2) is 5.11 Å². The summed E-state index contributed by atoms with van der Waals surface area (Å²) in [6, 6.07) is 6.90. The average molecular weight is 708 g/mol. The third-order valence-corrected chi connectivity index (χ3v) is 9.62. The van der Waals surface area contributed by atoms with E-state index in [1.165, 1.54) is 0 Å².